The predicted octanol–water partition coefficient (Wildman–Crippen LogP) is 0.527. The number of nitrogens with zero attached hydrogens (tertiary/aromatic N) is 3. The van der Waals surface area contributed by atoms with E-state index in [1.165, 1.54) is 0 Å². The zero-order valence-corrected chi connectivity index (χ0v) is 9.99. The van der Waals surface area contributed by atoms with E-state index in [0.717, 1.165) is 5.56 Å². The number of hydrogen-bond donors (Lipinski definition) is 2. The second-order valence-electron chi connectivity index (χ2n) is 3.81. The fraction of sp³-hybridized carbons (Fsp3) is 0.333. The van der Waals surface area contributed by atoms with E-state index in [0.29, 0.717) is 25.0 Å². The molecule has 2 aromatic rings. The standard InChI is InChI=1S/C12H16N4O2/c13-8-11-14-15-12(18-11)16(6-7-17)9-10-4-2-1-3-5-10/h1-5,17H,6-9,13H2. The Balaban J connectivity index is 2.12. The molecule has 96 valence electrons. The molecule has 2 rings (SSSR count). The van der Waals surface area contributed by atoms with E-state index in [1.54, 1.807) is 0 Å². The lowest BCUT2D eigenvalue weighted by Gasteiger charge is -2.18. The highest BCUT2D eigenvalue weighted by molar-refractivity contribution is 5.28. The summed E-state index contributed by atoms with van der Waals surface area (Å²) in [6.45, 7) is 1.27. The largest absolute Gasteiger partial charge is 0.407 e. The molecular formula is C12H16N4O2. The third-order valence-electron chi connectivity index (χ3n) is 2.49. The molecule has 0 aliphatic heterocycles. The van der Waals surface area contributed by atoms with Crippen molar-refractivity contribution in [1.29, 1.82) is 0 Å². The molecule has 0 spiro atoms. The Morgan fingerprint density at radius 1 is 1.22 bits per heavy atom. The number of anilines is 1. The van der Waals surface area contributed by atoms with Crippen molar-refractivity contribution < 1.29 is 9.52 Å². The van der Waals surface area contributed by atoms with Crippen LogP contribution >= 0.6 is 0 Å². The van der Waals surface area contributed by atoms with Gasteiger partial charge >= 0.3 is 6.01 Å². The number of benzene rings is 1. The summed E-state index contributed by atoms with van der Waals surface area (Å²) in [5, 5.41) is 16.8. The van der Waals surface area contributed by atoms with Gasteiger partial charge in [0.25, 0.3) is 0 Å². The molecule has 0 saturated heterocycles. The molecule has 6 nitrogen and oxygen atoms in total. The van der Waals surface area contributed by atoms with E-state index in [9.17, 15) is 0 Å². The molecule has 0 aliphatic carbocycles. The molecule has 0 fully saturated rings. The van der Waals surface area contributed by atoms with Crippen LogP contribution in [0, 0.1) is 0 Å². The summed E-state index contributed by atoms with van der Waals surface area (Å²) in [6.07, 6.45) is 0. The maximum atomic E-state index is 9.08. The zero-order valence-electron chi connectivity index (χ0n) is 9.99. The lowest BCUT2D eigenvalue weighted by atomic mass is 10.2. The van der Waals surface area contributed by atoms with Crippen LogP contribution in [-0.4, -0.2) is 28.5 Å². The van der Waals surface area contributed by atoms with Gasteiger partial charge in [-0.2, -0.15) is 0 Å². The third kappa shape index (κ3) is 3.06. The molecule has 0 aliphatic rings. The number of rotatable bonds is 6. The maximum absolute atomic E-state index is 9.08. The minimum atomic E-state index is 0.0210. The Hall–Kier alpha value is -1.92. The van der Waals surface area contributed by atoms with E-state index in [2.05, 4.69) is 10.2 Å². The van der Waals surface area contributed by atoms with Gasteiger partial charge in [-0.05, 0) is 5.56 Å². The molecule has 0 bridgehead atoms. The van der Waals surface area contributed by atoms with Gasteiger partial charge in [0.1, 0.15) is 0 Å². The third-order valence-corrected chi connectivity index (χ3v) is 2.49. The molecule has 6 heteroatoms. The van der Waals surface area contributed by atoms with Crippen LogP contribution in [0.15, 0.2) is 34.7 Å². The van der Waals surface area contributed by atoms with E-state index in [4.69, 9.17) is 15.3 Å². The van der Waals surface area contributed by atoms with Crippen LogP contribution in [0.5, 0.6) is 0 Å². The normalized spacial score (nSPS) is 10.6. The first kappa shape index (κ1) is 12.5. The van der Waals surface area contributed by atoms with Crippen LogP contribution in [0.4, 0.5) is 6.01 Å². The van der Waals surface area contributed by atoms with Gasteiger partial charge in [-0.1, -0.05) is 35.4 Å². The Bertz CT molecular complexity index is 472. The van der Waals surface area contributed by atoms with Crippen molar-refractivity contribution in [1.82, 2.24) is 10.2 Å². The number of aliphatic hydroxyl groups is 1. The molecule has 18 heavy (non-hydrogen) atoms. The van der Waals surface area contributed by atoms with Crippen LogP contribution < -0.4 is 10.6 Å². The molecule has 0 saturated carbocycles. The predicted molar refractivity (Wildman–Crippen MR) is 66.8 cm³/mol. The van der Waals surface area contributed by atoms with Crippen molar-refractivity contribution in [2.45, 2.75) is 13.1 Å². The first-order valence-electron chi connectivity index (χ1n) is 5.75. The number of aliphatic hydroxyl groups excluding tert-OH is 1. The number of nitrogens with two attached hydrogens (primary N) is 1. The minimum Gasteiger partial charge on any atom is -0.407 e. The van der Waals surface area contributed by atoms with Gasteiger partial charge < -0.3 is 20.2 Å². The van der Waals surface area contributed by atoms with Gasteiger partial charge in [0.2, 0.25) is 5.89 Å². The molecule has 0 amide bonds. The van der Waals surface area contributed by atoms with Gasteiger partial charge in [-0.15, -0.1) is 5.10 Å². The zero-order chi connectivity index (χ0) is 12.8. The highest BCUT2D eigenvalue weighted by Gasteiger charge is 2.13. The summed E-state index contributed by atoms with van der Waals surface area (Å²) < 4.78 is 5.39. The van der Waals surface area contributed by atoms with E-state index < -0.39 is 0 Å². The molecule has 0 unspecified atom stereocenters. The van der Waals surface area contributed by atoms with Crippen LogP contribution in [-0.2, 0) is 13.1 Å². The van der Waals surface area contributed by atoms with Gasteiger partial charge in [0.15, 0.2) is 0 Å². The summed E-state index contributed by atoms with van der Waals surface area (Å²) in [6, 6.07) is 10.3. The summed E-state index contributed by atoms with van der Waals surface area (Å²) in [5.74, 6) is 0.390. The topological polar surface area (TPSA) is 88.4 Å². The fourth-order valence-corrected chi connectivity index (χ4v) is 1.62. The van der Waals surface area contributed by atoms with Crippen LogP contribution in [0.25, 0.3) is 0 Å². The van der Waals surface area contributed by atoms with Crippen molar-refractivity contribution in [3.05, 3.63) is 41.8 Å². The molecular weight excluding hydrogens is 232 g/mol. The molecule has 0 atom stereocenters. The van der Waals surface area contributed by atoms with Gasteiger partial charge in [0.05, 0.1) is 13.2 Å². The van der Waals surface area contributed by atoms with E-state index in [1.807, 2.05) is 35.2 Å². The van der Waals surface area contributed by atoms with Gasteiger partial charge in [-0.25, -0.2) is 0 Å². The summed E-state index contributed by atoms with van der Waals surface area (Å²) in [7, 11) is 0. The smallest absolute Gasteiger partial charge is 0.318 e. The van der Waals surface area contributed by atoms with Crippen LogP contribution in [0.2, 0.25) is 0 Å². The van der Waals surface area contributed by atoms with Gasteiger partial charge in [-0.3, -0.25) is 0 Å². The van der Waals surface area contributed by atoms with Crippen molar-refractivity contribution in [3.63, 3.8) is 0 Å². The fourth-order valence-electron chi connectivity index (χ4n) is 1.62. The van der Waals surface area contributed by atoms with Crippen molar-refractivity contribution in [2.24, 2.45) is 5.73 Å². The molecule has 0 radical (unpaired) electrons. The first-order valence-corrected chi connectivity index (χ1v) is 5.75. The SMILES string of the molecule is NCc1nnc(N(CCO)Cc2ccccc2)o1. The maximum Gasteiger partial charge on any atom is 0.318 e. The van der Waals surface area contributed by atoms with Crippen LogP contribution in [0.1, 0.15) is 11.5 Å². The van der Waals surface area contributed by atoms with E-state index >= 15 is 0 Å². The second kappa shape index (κ2) is 6.13. The number of hydrogen-bond acceptors (Lipinski definition) is 6. The van der Waals surface area contributed by atoms with Crippen molar-refractivity contribution >= 4 is 6.01 Å². The summed E-state index contributed by atoms with van der Waals surface area (Å²) in [4.78, 5) is 1.82. The average Bonchev–Trinajstić information content (AvgIpc) is 2.88. The Morgan fingerprint density at radius 3 is 2.61 bits per heavy atom. The molecule has 1 aromatic carbocycles. The second-order valence-corrected chi connectivity index (χ2v) is 3.81. The Labute approximate surface area is 105 Å². The highest BCUT2D eigenvalue weighted by Crippen LogP contribution is 2.15. The Morgan fingerprint density at radius 2 is 2.00 bits per heavy atom. The lowest BCUT2D eigenvalue weighted by molar-refractivity contribution is 0.297. The monoisotopic (exact) mass is 248 g/mol. The van der Waals surface area contributed by atoms with Crippen molar-refractivity contribution in [2.75, 3.05) is 18.1 Å². The summed E-state index contributed by atoms with van der Waals surface area (Å²) >= 11 is 0. The highest BCUT2D eigenvalue weighted by atomic mass is 16.4. The summed E-state index contributed by atoms with van der Waals surface area (Å²) in [5.41, 5.74) is 6.54. The van der Waals surface area contributed by atoms with Crippen molar-refractivity contribution in [3.8, 4) is 0 Å². The average molecular weight is 248 g/mol. The van der Waals surface area contributed by atoms with Gasteiger partial charge in [0, 0.05) is 13.1 Å². The molecule has 1 heterocycles. The minimum absolute atomic E-state index is 0.0210. The molecule has 1 aromatic heterocycles. The van der Waals surface area contributed by atoms with E-state index in [-0.39, 0.29) is 13.2 Å². The van der Waals surface area contributed by atoms with Crippen LogP contribution in [0.3, 0.4) is 0 Å². The number of aromatic nitrogens is 2. The lowest BCUT2D eigenvalue weighted by Crippen LogP contribution is -2.26. The Kier molecular flexibility index (Phi) is 4.27. The molecule has 3 N–H and O–H groups in total. The first-order chi connectivity index (χ1) is 8.83. The quantitative estimate of drug-likeness (QED) is 0.775.